The molecule has 0 aliphatic carbocycles. The van der Waals surface area contributed by atoms with Crippen molar-refractivity contribution >= 4 is 10.0 Å². The van der Waals surface area contributed by atoms with Gasteiger partial charge in [-0.3, -0.25) is 0 Å². The molecule has 0 aromatic heterocycles. The number of aryl methyl sites for hydroxylation is 1. The van der Waals surface area contributed by atoms with E-state index in [-0.39, 0.29) is 6.04 Å². The standard InChI is InChI=1S/C18H21NO3S/c1-14-5-3-6-15(13-14)18-7-4-12-19(18)23(20,21)17-10-8-16(22-2)9-11-17/h3,5-6,8-11,13,18H,4,7,12H2,1-2H3/t18-/m0/s1. The highest BCUT2D eigenvalue weighted by molar-refractivity contribution is 7.89. The molecule has 0 saturated carbocycles. The first-order chi connectivity index (χ1) is 11.0. The Morgan fingerprint density at radius 1 is 1.13 bits per heavy atom. The van der Waals surface area contributed by atoms with Gasteiger partial charge in [-0.25, -0.2) is 8.42 Å². The predicted octanol–water partition coefficient (Wildman–Crippen LogP) is 3.53. The fraction of sp³-hybridized carbons (Fsp3) is 0.333. The van der Waals surface area contributed by atoms with Gasteiger partial charge in [0.25, 0.3) is 0 Å². The van der Waals surface area contributed by atoms with Crippen LogP contribution in [0.5, 0.6) is 5.75 Å². The van der Waals surface area contributed by atoms with Crippen LogP contribution in [0.3, 0.4) is 0 Å². The average molecular weight is 331 g/mol. The van der Waals surface area contributed by atoms with Gasteiger partial charge in [0.2, 0.25) is 10.0 Å². The first-order valence-electron chi connectivity index (χ1n) is 7.75. The molecule has 1 saturated heterocycles. The summed E-state index contributed by atoms with van der Waals surface area (Å²) in [4.78, 5) is 0.317. The van der Waals surface area contributed by atoms with Crippen molar-refractivity contribution in [3.05, 3.63) is 59.7 Å². The van der Waals surface area contributed by atoms with Gasteiger partial charge in [0.05, 0.1) is 18.0 Å². The maximum absolute atomic E-state index is 13.0. The van der Waals surface area contributed by atoms with E-state index in [1.54, 1.807) is 35.7 Å². The lowest BCUT2D eigenvalue weighted by molar-refractivity contribution is 0.396. The Balaban J connectivity index is 1.94. The summed E-state index contributed by atoms with van der Waals surface area (Å²) >= 11 is 0. The zero-order valence-corrected chi connectivity index (χ0v) is 14.2. The summed E-state index contributed by atoms with van der Waals surface area (Å²) < 4.78 is 32.7. The Morgan fingerprint density at radius 2 is 1.87 bits per heavy atom. The molecule has 0 N–H and O–H groups in total. The van der Waals surface area contributed by atoms with Crippen molar-refractivity contribution in [1.29, 1.82) is 0 Å². The van der Waals surface area contributed by atoms with Crippen LogP contribution in [0.2, 0.25) is 0 Å². The zero-order chi connectivity index (χ0) is 16.4. The number of nitrogens with zero attached hydrogens (tertiary/aromatic N) is 1. The normalized spacial score (nSPS) is 19.0. The zero-order valence-electron chi connectivity index (χ0n) is 13.4. The molecule has 2 aromatic carbocycles. The van der Waals surface area contributed by atoms with E-state index in [0.717, 1.165) is 24.0 Å². The maximum Gasteiger partial charge on any atom is 0.243 e. The van der Waals surface area contributed by atoms with E-state index < -0.39 is 10.0 Å². The molecule has 1 aliphatic heterocycles. The number of hydrogen-bond acceptors (Lipinski definition) is 3. The van der Waals surface area contributed by atoms with Crippen molar-refractivity contribution < 1.29 is 13.2 Å². The van der Waals surface area contributed by atoms with Crippen LogP contribution in [0.1, 0.15) is 30.0 Å². The fourth-order valence-corrected chi connectivity index (χ4v) is 4.80. The third-order valence-corrected chi connectivity index (χ3v) is 6.22. The smallest absolute Gasteiger partial charge is 0.243 e. The predicted molar refractivity (Wildman–Crippen MR) is 90.0 cm³/mol. The monoisotopic (exact) mass is 331 g/mol. The molecule has 122 valence electrons. The van der Waals surface area contributed by atoms with E-state index >= 15 is 0 Å². The summed E-state index contributed by atoms with van der Waals surface area (Å²) in [6, 6.07) is 14.6. The summed E-state index contributed by atoms with van der Waals surface area (Å²) in [5, 5.41) is 0. The van der Waals surface area contributed by atoms with Crippen molar-refractivity contribution in [1.82, 2.24) is 4.31 Å². The second-order valence-electron chi connectivity index (χ2n) is 5.86. The van der Waals surface area contributed by atoms with Crippen molar-refractivity contribution in [2.75, 3.05) is 13.7 Å². The second-order valence-corrected chi connectivity index (χ2v) is 7.75. The lowest BCUT2D eigenvalue weighted by atomic mass is 10.0. The van der Waals surface area contributed by atoms with Crippen LogP contribution in [-0.4, -0.2) is 26.4 Å². The van der Waals surface area contributed by atoms with E-state index in [9.17, 15) is 8.42 Å². The van der Waals surface area contributed by atoms with E-state index in [0.29, 0.717) is 17.2 Å². The summed E-state index contributed by atoms with van der Waals surface area (Å²) in [6.07, 6.45) is 1.74. The van der Waals surface area contributed by atoms with Gasteiger partial charge >= 0.3 is 0 Å². The molecule has 5 heteroatoms. The summed E-state index contributed by atoms with van der Waals surface area (Å²) in [5.74, 6) is 0.653. The molecule has 0 bridgehead atoms. The molecule has 3 rings (SSSR count). The molecule has 0 unspecified atom stereocenters. The molecule has 0 radical (unpaired) electrons. The largest absolute Gasteiger partial charge is 0.497 e. The lowest BCUT2D eigenvalue weighted by Gasteiger charge is -2.24. The Kier molecular flexibility index (Phi) is 4.41. The van der Waals surface area contributed by atoms with E-state index in [2.05, 4.69) is 6.07 Å². The molecule has 1 fully saturated rings. The van der Waals surface area contributed by atoms with Crippen LogP contribution in [0.4, 0.5) is 0 Å². The topological polar surface area (TPSA) is 46.6 Å². The van der Waals surface area contributed by atoms with Gasteiger partial charge in [-0.15, -0.1) is 0 Å². The van der Waals surface area contributed by atoms with Gasteiger partial charge in [0.15, 0.2) is 0 Å². The van der Waals surface area contributed by atoms with Gasteiger partial charge < -0.3 is 4.74 Å². The molecular weight excluding hydrogens is 310 g/mol. The number of rotatable bonds is 4. The summed E-state index contributed by atoms with van der Waals surface area (Å²) in [6.45, 7) is 2.59. The minimum Gasteiger partial charge on any atom is -0.497 e. The fourth-order valence-electron chi connectivity index (χ4n) is 3.12. The van der Waals surface area contributed by atoms with Crippen LogP contribution in [-0.2, 0) is 10.0 Å². The van der Waals surface area contributed by atoms with Crippen molar-refractivity contribution in [2.45, 2.75) is 30.7 Å². The van der Waals surface area contributed by atoms with E-state index in [4.69, 9.17) is 4.74 Å². The molecule has 1 atom stereocenters. The maximum atomic E-state index is 13.0. The number of benzene rings is 2. The van der Waals surface area contributed by atoms with Crippen LogP contribution in [0.15, 0.2) is 53.4 Å². The minimum absolute atomic E-state index is 0.0815. The molecule has 1 aliphatic rings. The van der Waals surface area contributed by atoms with Crippen molar-refractivity contribution in [3.8, 4) is 5.75 Å². The Morgan fingerprint density at radius 3 is 2.52 bits per heavy atom. The number of hydrogen-bond donors (Lipinski definition) is 0. The highest BCUT2D eigenvalue weighted by Crippen LogP contribution is 2.36. The van der Waals surface area contributed by atoms with E-state index in [1.165, 1.54) is 0 Å². The molecule has 2 aromatic rings. The van der Waals surface area contributed by atoms with Crippen LogP contribution < -0.4 is 4.74 Å². The van der Waals surface area contributed by atoms with Gasteiger partial charge in [0.1, 0.15) is 5.75 Å². The van der Waals surface area contributed by atoms with Gasteiger partial charge in [-0.1, -0.05) is 29.8 Å². The third-order valence-electron chi connectivity index (χ3n) is 4.30. The molecule has 23 heavy (non-hydrogen) atoms. The first-order valence-corrected chi connectivity index (χ1v) is 9.19. The van der Waals surface area contributed by atoms with Crippen LogP contribution in [0, 0.1) is 6.92 Å². The molecular formula is C18H21NO3S. The first kappa shape index (κ1) is 16.0. The third kappa shape index (κ3) is 3.12. The summed E-state index contributed by atoms with van der Waals surface area (Å²) in [5.41, 5.74) is 2.22. The number of methoxy groups -OCH3 is 1. The SMILES string of the molecule is COc1ccc(S(=O)(=O)N2CCC[C@H]2c2cccc(C)c2)cc1. The quantitative estimate of drug-likeness (QED) is 0.861. The molecule has 0 spiro atoms. The molecule has 4 nitrogen and oxygen atoms in total. The Bertz CT molecular complexity index is 784. The molecule has 0 amide bonds. The van der Waals surface area contributed by atoms with Crippen molar-refractivity contribution in [2.24, 2.45) is 0 Å². The van der Waals surface area contributed by atoms with E-state index in [1.807, 2.05) is 25.1 Å². The van der Waals surface area contributed by atoms with Crippen LogP contribution in [0.25, 0.3) is 0 Å². The van der Waals surface area contributed by atoms with Gasteiger partial charge in [-0.05, 0) is 49.6 Å². The average Bonchev–Trinajstić information content (AvgIpc) is 3.05. The lowest BCUT2D eigenvalue weighted by Crippen LogP contribution is -2.30. The van der Waals surface area contributed by atoms with Crippen molar-refractivity contribution in [3.63, 3.8) is 0 Å². The molecule has 1 heterocycles. The highest BCUT2D eigenvalue weighted by atomic mass is 32.2. The van der Waals surface area contributed by atoms with Gasteiger partial charge in [-0.2, -0.15) is 4.31 Å². The van der Waals surface area contributed by atoms with Crippen LogP contribution >= 0.6 is 0 Å². The Labute approximate surface area is 137 Å². The summed E-state index contributed by atoms with van der Waals surface area (Å²) in [7, 11) is -1.93. The number of sulfonamides is 1. The highest BCUT2D eigenvalue weighted by Gasteiger charge is 2.36. The second kappa shape index (κ2) is 6.34. The Hall–Kier alpha value is -1.85. The van der Waals surface area contributed by atoms with Gasteiger partial charge in [0, 0.05) is 6.54 Å². The minimum atomic E-state index is -3.50. The number of ether oxygens (including phenoxy) is 1.